The zero-order valence-electron chi connectivity index (χ0n) is 15.0. The van der Waals surface area contributed by atoms with Gasteiger partial charge in [-0.1, -0.05) is 18.2 Å². The van der Waals surface area contributed by atoms with Crippen LogP contribution < -0.4 is 4.74 Å². The van der Waals surface area contributed by atoms with E-state index in [-0.39, 0.29) is 5.97 Å². The number of nitrogens with one attached hydrogen (secondary N) is 1. The lowest BCUT2D eigenvalue weighted by molar-refractivity contribution is -0.143. The molecular weight excluding hydrogens is 328 g/mol. The molecule has 0 aliphatic heterocycles. The Morgan fingerprint density at radius 1 is 1.19 bits per heavy atom. The molecule has 0 atom stereocenters. The van der Waals surface area contributed by atoms with E-state index in [4.69, 9.17) is 9.47 Å². The molecule has 3 rings (SSSR count). The van der Waals surface area contributed by atoms with Gasteiger partial charge in [0, 0.05) is 29.7 Å². The molecule has 5 nitrogen and oxygen atoms in total. The van der Waals surface area contributed by atoms with Crippen LogP contribution >= 0.6 is 0 Å². The lowest BCUT2D eigenvalue weighted by Crippen LogP contribution is -2.07. The van der Waals surface area contributed by atoms with E-state index in [9.17, 15) is 4.79 Å². The van der Waals surface area contributed by atoms with Crippen LogP contribution in [0, 0.1) is 0 Å². The van der Waals surface area contributed by atoms with Crippen molar-refractivity contribution in [1.82, 2.24) is 9.97 Å². The van der Waals surface area contributed by atoms with Crippen molar-refractivity contribution in [2.75, 3.05) is 13.2 Å². The molecular formula is C21H24N2O3. The van der Waals surface area contributed by atoms with Gasteiger partial charge < -0.3 is 14.5 Å². The Kier molecular flexibility index (Phi) is 6.25. The average molecular weight is 352 g/mol. The van der Waals surface area contributed by atoms with Gasteiger partial charge in [0.1, 0.15) is 5.75 Å². The van der Waals surface area contributed by atoms with Crippen LogP contribution in [0.4, 0.5) is 0 Å². The van der Waals surface area contributed by atoms with Crippen LogP contribution in [0.25, 0.3) is 10.9 Å². The van der Waals surface area contributed by atoms with E-state index in [1.165, 1.54) is 5.39 Å². The van der Waals surface area contributed by atoms with Crippen molar-refractivity contribution < 1.29 is 14.3 Å². The molecule has 0 aliphatic rings. The smallest absolute Gasteiger partial charge is 0.306 e. The molecule has 0 aliphatic carbocycles. The highest BCUT2D eigenvalue weighted by molar-refractivity contribution is 5.83. The van der Waals surface area contributed by atoms with Crippen molar-refractivity contribution >= 4 is 16.9 Å². The molecule has 3 aromatic rings. The van der Waals surface area contributed by atoms with Crippen molar-refractivity contribution in [2.24, 2.45) is 0 Å². The van der Waals surface area contributed by atoms with Gasteiger partial charge in [-0.25, -0.2) is 0 Å². The topological polar surface area (TPSA) is 64.2 Å². The molecule has 136 valence electrons. The summed E-state index contributed by atoms with van der Waals surface area (Å²) in [7, 11) is 0. The molecule has 0 saturated carbocycles. The standard InChI is InChI=1S/C21H24N2O3/c1-2-25-18-12-16(13-22-15-18)6-5-11-26-21(24)10-9-17-14-23-20-8-4-3-7-19(17)20/h3-4,7-8,12-15,23H,2,5-6,9-11H2,1H3. The summed E-state index contributed by atoms with van der Waals surface area (Å²) < 4.78 is 10.8. The second-order valence-corrected chi connectivity index (χ2v) is 6.15. The average Bonchev–Trinajstić information content (AvgIpc) is 3.07. The number of rotatable bonds is 9. The molecule has 2 heterocycles. The van der Waals surface area contributed by atoms with Crippen LogP contribution in [0.2, 0.25) is 0 Å². The number of para-hydroxylation sites is 1. The number of carbonyl (C=O) groups excluding carboxylic acids is 1. The molecule has 0 amide bonds. The number of ether oxygens (including phenoxy) is 2. The number of esters is 1. The van der Waals surface area contributed by atoms with E-state index in [0.717, 1.165) is 35.2 Å². The van der Waals surface area contributed by atoms with Gasteiger partial charge in [0.05, 0.1) is 19.4 Å². The third-order valence-electron chi connectivity index (χ3n) is 4.23. The number of benzene rings is 1. The van der Waals surface area contributed by atoms with E-state index in [1.807, 2.05) is 43.6 Å². The molecule has 1 N–H and O–H groups in total. The third-order valence-corrected chi connectivity index (χ3v) is 4.23. The van der Waals surface area contributed by atoms with Gasteiger partial charge in [-0.3, -0.25) is 9.78 Å². The Labute approximate surface area is 153 Å². The van der Waals surface area contributed by atoms with Gasteiger partial charge in [0.2, 0.25) is 0 Å². The number of carbonyl (C=O) groups is 1. The summed E-state index contributed by atoms with van der Waals surface area (Å²) in [5, 5.41) is 1.17. The molecule has 0 bridgehead atoms. The Morgan fingerprint density at radius 2 is 2.08 bits per heavy atom. The number of aryl methyl sites for hydroxylation is 2. The van der Waals surface area contributed by atoms with E-state index in [0.29, 0.717) is 26.1 Å². The lowest BCUT2D eigenvalue weighted by atomic mass is 10.1. The van der Waals surface area contributed by atoms with E-state index < -0.39 is 0 Å². The third kappa shape index (κ3) is 4.85. The zero-order chi connectivity index (χ0) is 18.2. The Hall–Kier alpha value is -2.82. The SMILES string of the molecule is CCOc1cncc(CCCOC(=O)CCc2c[nH]c3ccccc23)c1. The highest BCUT2D eigenvalue weighted by Crippen LogP contribution is 2.19. The van der Waals surface area contributed by atoms with Crippen molar-refractivity contribution in [2.45, 2.75) is 32.6 Å². The monoisotopic (exact) mass is 352 g/mol. The summed E-state index contributed by atoms with van der Waals surface area (Å²) in [6.45, 7) is 2.99. The summed E-state index contributed by atoms with van der Waals surface area (Å²) in [5.41, 5.74) is 3.33. The molecule has 0 fully saturated rings. The van der Waals surface area contributed by atoms with Crippen LogP contribution in [-0.4, -0.2) is 29.2 Å². The van der Waals surface area contributed by atoms with Gasteiger partial charge in [0.15, 0.2) is 0 Å². The van der Waals surface area contributed by atoms with Crippen LogP contribution in [-0.2, 0) is 22.4 Å². The molecule has 5 heteroatoms. The molecule has 26 heavy (non-hydrogen) atoms. The summed E-state index contributed by atoms with van der Waals surface area (Å²) in [6, 6.07) is 10.1. The minimum absolute atomic E-state index is 0.156. The second-order valence-electron chi connectivity index (χ2n) is 6.15. The number of pyridine rings is 1. The first kappa shape index (κ1) is 18.0. The van der Waals surface area contributed by atoms with Crippen molar-refractivity contribution in [3.8, 4) is 5.75 Å². The Morgan fingerprint density at radius 3 is 2.96 bits per heavy atom. The number of H-pyrrole nitrogens is 1. The van der Waals surface area contributed by atoms with Crippen LogP contribution in [0.15, 0.2) is 48.9 Å². The number of fused-ring (bicyclic) bond motifs is 1. The minimum atomic E-state index is -0.156. The molecule has 1 aromatic carbocycles. The summed E-state index contributed by atoms with van der Waals surface area (Å²) in [5.74, 6) is 0.622. The maximum absolute atomic E-state index is 12.0. The minimum Gasteiger partial charge on any atom is -0.492 e. The fourth-order valence-corrected chi connectivity index (χ4v) is 2.96. The van der Waals surface area contributed by atoms with Gasteiger partial charge >= 0.3 is 5.97 Å². The number of hydrogen-bond donors (Lipinski definition) is 1. The van der Waals surface area contributed by atoms with Crippen molar-refractivity contribution in [3.05, 3.63) is 60.0 Å². The highest BCUT2D eigenvalue weighted by atomic mass is 16.5. The predicted molar refractivity (Wildman–Crippen MR) is 101 cm³/mol. The fraction of sp³-hybridized carbons (Fsp3) is 0.333. The van der Waals surface area contributed by atoms with Gasteiger partial charge in [-0.2, -0.15) is 0 Å². The number of nitrogens with zero attached hydrogens (tertiary/aromatic N) is 1. The fourth-order valence-electron chi connectivity index (χ4n) is 2.96. The highest BCUT2D eigenvalue weighted by Gasteiger charge is 2.08. The first-order valence-corrected chi connectivity index (χ1v) is 9.03. The maximum atomic E-state index is 12.0. The number of aromatic nitrogens is 2. The molecule has 2 aromatic heterocycles. The van der Waals surface area contributed by atoms with E-state index in [2.05, 4.69) is 16.0 Å². The Balaban J connectivity index is 1.38. The van der Waals surface area contributed by atoms with Crippen LogP contribution in [0.3, 0.4) is 0 Å². The lowest BCUT2D eigenvalue weighted by Gasteiger charge is -2.06. The Bertz CT molecular complexity index is 857. The summed E-state index contributed by atoms with van der Waals surface area (Å²) in [6.07, 6.45) is 8.15. The second kappa shape index (κ2) is 9.04. The first-order chi connectivity index (χ1) is 12.8. The number of hydrogen-bond acceptors (Lipinski definition) is 4. The van der Waals surface area contributed by atoms with Gasteiger partial charge in [0.25, 0.3) is 0 Å². The maximum Gasteiger partial charge on any atom is 0.306 e. The molecule has 0 saturated heterocycles. The normalized spacial score (nSPS) is 10.8. The van der Waals surface area contributed by atoms with Crippen LogP contribution in [0.5, 0.6) is 5.75 Å². The van der Waals surface area contributed by atoms with Crippen molar-refractivity contribution in [3.63, 3.8) is 0 Å². The zero-order valence-corrected chi connectivity index (χ0v) is 15.0. The summed E-state index contributed by atoms with van der Waals surface area (Å²) in [4.78, 5) is 19.4. The molecule has 0 radical (unpaired) electrons. The molecule has 0 unspecified atom stereocenters. The number of aromatic amines is 1. The van der Waals surface area contributed by atoms with Gasteiger partial charge in [-0.05, 0) is 49.4 Å². The van der Waals surface area contributed by atoms with E-state index >= 15 is 0 Å². The first-order valence-electron chi connectivity index (χ1n) is 9.03. The summed E-state index contributed by atoms with van der Waals surface area (Å²) >= 11 is 0. The van der Waals surface area contributed by atoms with Crippen LogP contribution in [0.1, 0.15) is 30.9 Å². The van der Waals surface area contributed by atoms with Crippen molar-refractivity contribution in [1.29, 1.82) is 0 Å². The van der Waals surface area contributed by atoms with Gasteiger partial charge in [-0.15, -0.1) is 0 Å². The predicted octanol–water partition coefficient (Wildman–Crippen LogP) is 4.07. The molecule has 0 spiro atoms. The quantitative estimate of drug-likeness (QED) is 0.466. The largest absolute Gasteiger partial charge is 0.492 e. The van der Waals surface area contributed by atoms with E-state index in [1.54, 1.807) is 6.20 Å².